The zero-order valence-corrected chi connectivity index (χ0v) is 7.02. The summed E-state index contributed by atoms with van der Waals surface area (Å²) in [5.74, 6) is 0. The van der Waals surface area contributed by atoms with Crippen molar-refractivity contribution >= 4 is 30.9 Å². The summed E-state index contributed by atoms with van der Waals surface area (Å²) in [6.45, 7) is 0. The number of benzene rings is 1. The molecule has 0 unspecified atom stereocenters. The van der Waals surface area contributed by atoms with Crippen LogP contribution in [-0.4, -0.2) is 17.7 Å². The summed E-state index contributed by atoms with van der Waals surface area (Å²) >= 11 is 11.3. The second kappa shape index (κ2) is 3.45. The van der Waals surface area contributed by atoms with Gasteiger partial charge >= 0.3 is 7.69 Å². The number of hydrogen-bond donors (Lipinski definition) is 2. The zero-order chi connectivity index (χ0) is 8.43. The highest BCUT2D eigenvalue weighted by Crippen LogP contribution is 2.49. The number of rotatable bonds is 0. The molecule has 0 spiro atoms. The van der Waals surface area contributed by atoms with E-state index in [2.05, 4.69) is 0 Å². The van der Waals surface area contributed by atoms with Gasteiger partial charge in [0.1, 0.15) is 0 Å². The van der Waals surface area contributed by atoms with Crippen molar-refractivity contribution in [3.8, 4) is 11.1 Å². The quantitative estimate of drug-likeness (QED) is 0.614. The summed E-state index contributed by atoms with van der Waals surface area (Å²) in [5, 5.41) is 15.7. The highest BCUT2D eigenvalue weighted by Gasteiger charge is 2.22. The van der Waals surface area contributed by atoms with Crippen molar-refractivity contribution in [2.24, 2.45) is 0 Å². The monoisotopic (exact) mass is 190 g/mol. The van der Waals surface area contributed by atoms with E-state index in [1.165, 1.54) is 0 Å². The average molecular weight is 191 g/mol. The van der Waals surface area contributed by atoms with Crippen molar-refractivity contribution < 1.29 is 10.0 Å². The minimum Gasteiger partial charge on any atom is -0.430 e. The van der Waals surface area contributed by atoms with Crippen LogP contribution in [0.25, 0.3) is 11.1 Å². The van der Waals surface area contributed by atoms with Crippen LogP contribution in [0.1, 0.15) is 0 Å². The normalized spacial score (nSPS) is 9.82. The first-order chi connectivity index (χ1) is 5.22. The lowest BCUT2D eigenvalue weighted by Gasteiger charge is -2.19. The predicted octanol–water partition coefficient (Wildman–Crippen LogP) is 1.21. The fourth-order valence-electron chi connectivity index (χ4n) is 0.807. The fourth-order valence-corrected chi connectivity index (χ4v) is 1.34. The van der Waals surface area contributed by atoms with E-state index in [0.29, 0.717) is 0 Å². The summed E-state index contributed by atoms with van der Waals surface area (Å²) in [7, 11) is -0.750. The highest BCUT2D eigenvalue weighted by molar-refractivity contribution is 6.49. The summed E-state index contributed by atoms with van der Waals surface area (Å²) < 4.78 is 0. The van der Waals surface area contributed by atoms with Crippen molar-refractivity contribution in [2.45, 2.75) is 0 Å². The van der Waals surface area contributed by atoms with E-state index in [-0.39, 0.29) is 0 Å². The Labute approximate surface area is 74.7 Å². The largest absolute Gasteiger partial charge is 0.432 e. The van der Waals surface area contributed by atoms with Crippen LogP contribution in [0.3, 0.4) is 0 Å². The standard InChI is InChI=1S/C6H2Cl2.BH3O2/c7-5-3-1-2-4(3)6(5)8;2-1-3/h1-2H;1-3H. The van der Waals surface area contributed by atoms with Gasteiger partial charge in [-0.1, -0.05) is 35.3 Å². The van der Waals surface area contributed by atoms with Gasteiger partial charge in [-0.3, -0.25) is 0 Å². The van der Waals surface area contributed by atoms with Gasteiger partial charge < -0.3 is 10.0 Å². The Balaban J connectivity index is 0.000000179. The Hall–Kier alpha value is -0.215. The Morgan fingerprint density at radius 3 is 1.36 bits per heavy atom. The highest BCUT2D eigenvalue weighted by atomic mass is 35.5. The molecule has 0 amide bonds. The van der Waals surface area contributed by atoms with Gasteiger partial charge in [-0.15, -0.1) is 0 Å². The van der Waals surface area contributed by atoms with Crippen LogP contribution in [0.15, 0.2) is 12.1 Å². The molecule has 0 atom stereocenters. The molecule has 0 aromatic carbocycles. The van der Waals surface area contributed by atoms with Gasteiger partial charge in [0.25, 0.3) is 0 Å². The molecule has 0 heterocycles. The van der Waals surface area contributed by atoms with Crippen molar-refractivity contribution in [3.05, 3.63) is 22.2 Å². The zero-order valence-electron chi connectivity index (χ0n) is 5.51. The van der Waals surface area contributed by atoms with Crippen LogP contribution in [-0.2, 0) is 0 Å². The maximum atomic E-state index is 7.12. The van der Waals surface area contributed by atoms with E-state index in [1.807, 2.05) is 12.1 Å². The first kappa shape index (κ1) is 8.88. The van der Waals surface area contributed by atoms with E-state index in [4.69, 9.17) is 33.2 Å². The van der Waals surface area contributed by atoms with Crippen LogP contribution in [0.4, 0.5) is 0 Å². The topological polar surface area (TPSA) is 40.5 Å². The third kappa shape index (κ3) is 1.37. The van der Waals surface area contributed by atoms with Crippen molar-refractivity contribution in [3.63, 3.8) is 0 Å². The van der Waals surface area contributed by atoms with Crippen molar-refractivity contribution in [2.75, 3.05) is 0 Å². The Kier molecular flexibility index (Phi) is 2.79. The van der Waals surface area contributed by atoms with Gasteiger partial charge in [0, 0.05) is 11.1 Å². The molecule has 0 saturated carbocycles. The fraction of sp³-hybridized carbons (Fsp3) is 0. The number of hydrogen-bond acceptors (Lipinski definition) is 2. The first-order valence-electron chi connectivity index (χ1n) is 2.92. The Morgan fingerprint density at radius 2 is 1.27 bits per heavy atom. The minimum absolute atomic E-state index is 0.726. The van der Waals surface area contributed by atoms with E-state index in [9.17, 15) is 0 Å². The molecule has 2 rings (SSSR count). The Morgan fingerprint density at radius 1 is 1.00 bits per heavy atom. The van der Waals surface area contributed by atoms with Gasteiger partial charge in [-0.25, -0.2) is 0 Å². The number of fused-ring (bicyclic) bond motifs is 1. The molecule has 11 heavy (non-hydrogen) atoms. The molecular formula is C6H5BCl2O2. The van der Waals surface area contributed by atoms with Crippen LogP contribution >= 0.6 is 23.2 Å². The second-order valence-electron chi connectivity index (χ2n) is 1.93. The smallest absolute Gasteiger partial charge is 0.430 e. The van der Waals surface area contributed by atoms with Gasteiger partial charge in [0.05, 0.1) is 10.0 Å². The van der Waals surface area contributed by atoms with E-state index in [0.717, 1.165) is 21.2 Å². The van der Waals surface area contributed by atoms with Crippen LogP contribution < -0.4 is 0 Å². The lowest BCUT2D eigenvalue weighted by atomic mass is 9.94. The molecule has 2 nitrogen and oxygen atoms in total. The van der Waals surface area contributed by atoms with Crippen LogP contribution in [0.5, 0.6) is 0 Å². The van der Waals surface area contributed by atoms with Gasteiger partial charge in [0.2, 0.25) is 0 Å². The van der Waals surface area contributed by atoms with Gasteiger partial charge in [-0.2, -0.15) is 0 Å². The van der Waals surface area contributed by atoms with Gasteiger partial charge in [-0.05, 0) is 0 Å². The van der Waals surface area contributed by atoms with E-state index >= 15 is 0 Å². The minimum atomic E-state index is -0.750. The molecule has 0 aliphatic heterocycles. The SMILES string of the molecule is Clc1c2ccc-2c1Cl.OBO. The molecule has 0 bridgehead atoms. The maximum absolute atomic E-state index is 7.12. The first-order valence-corrected chi connectivity index (χ1v) is 3.68. The molecule has 0 aromatic rings. The van der Waals surface area contributed by atoms with Crippen LogP contribution in [0.2, 0.25) is 10.0 Å². The number of halogens is 2. The van der Waals surface area contributed by atoms with Gasteiger partial charge in [0.15, 0.2) is 0 Å². The molecule has 0 radical (unpaired) electrons. The average Bonchev–Trinajstić information content (AvgIpc) is 1.87. The molecular weight excluding hydrogens is 186 g/mol. The molecule has 2 aliphatic carbocycles. The molecule has 0 saturated heterocycles. The third-order valence-corrected chi connectivity index (χ3v) is 2.25. The summed E-state index contributed by atoms with van der Waals surface area (Å²) in [6, 6.07) is 3.92. The summed E-state index contributed by atoms with van der Waals surface area (Å²) in [4.78, 5) is 0. The van der Waals surface area contributed by atoms with Crippen LogP contribution in [0, 0.1) is 0 Å². The molecule has 0 fully saturated rings. The Bertz CT molecular complexity index is 251. The van der Waals surface area contributed by atoms with Crippen molar-refractivity contribution in [1.29, 1.82) is 0 Å². The molecule has 2 aliphatic rings. The second-order valence-corrected chi connectivity index (χ2v) is 2.69. The summed E-state index contributed by atoms with van der Waals surface area (Å²) in [6.07, 6.45) is 0. The molecule has 0 aromatic heterocycles. The van der Waals surface area contributed by atoms with E-state index < -0.39 is 7.69 Å². The maximum Gasteiger partial charge on any atom is 0.432 e. The summed E-state index contributed by atoms with van der Waals surface area (Å²) in [5.41, 5.74) is 2.24. The molecule has 2 N–H and O–H groups in total. The lowest BCUT2D eigenvalue weighted by Crippen LogP contribution is -1.93. The predicted molar refractivity (Wildman–Crippen MR) is 47.0 cm³/mol. The molecule has 58 valence electrons. The molecule has 5 heteroatoms. The van der Waals surface area contributed by atoms with E-state index in [1.54, 1.807) is 0 Å². The van der Waals surface area contributed by atoms with Crippen molar-refractivity contribution in [1.82, 2.24) is 0 Å². The third-order valence-electron chi connectivity index (χ3n) is 1.37. The lowest BCUT2D eigenvalue weighted by molar-refractivity contribution is 0.448.